The van der Waals surface area contributed by atoms with Crippen molar-refractivity contribution in [3.63, 3.8) is 0 Å². The van der Waals surface area contributed by atoms with Crippen molar-refractivity contribution >= 4 is 23.2 Å². The third-order valence-corrected chi connectivity index (χ3v) is 4.33. The van der Waals surface area contributed by atoms with Crippen LogP contribution in [0.25, 0.3) is 16.9 Å². The van der Waals surface area contributed by atoms with Gasteiger partial charge in [-0.25, -0.2) is 9.97 Å². The molecule has 2 aromatic heterocycles. The van der Waals surface area contributed by atoms with E-state index in [0.29, 0.717) is 5.52 Å². The van der Waals surface area contributed by atoms with Crippen LogP contribution >= 0.6 is 0 Å². The molecule has 0 atom stereocenters. The summed E-state index contributed by atoms with van der Waals surface area (Å²) < 4.78 is 42.3. The summed E-state index contributed by atoms with van der Waals surface area (Å²) in [6.45, 7) is 0. The molecule has 168 valence electrons. The van der Waals surface area contributed by atoms with Crippen LogP contribution in [-0.4, -0.2) is 37.3 Å². The molecule has 2 heterocycles. The van der Waals surface area contributed by atoms with Crippen LogP contribution in [0.2, 0.25) is 0 Å². The van der Waals surface area contributed by atoms with E-state index >= 15 is 0 Å². The average Bonchev–Trinajstić information content (AvgIpc) is 2.75. The number of benzene rings is 2. The Morgan fingerprint density at radius 3 is 2.55 bits per heavy atom. The number of rotatable bonds is 5. The molecule has 0 fully saturated rings. The zero-order valence-corrected chi connectivity index (χ0v) is 16.5. The van der Waals surface area contributed by atoms with Gasteiger partial charge in [0, 0.05) is 17.8 Å². The van der Waals surface area contributed by atoms with Crippen LogP contribution in [-0.2, 0) is 0 Å². The first-order valence-electron chi connectivity index (χ1n) is 9.26. The lowest BCUT2D eigenvalue weighted by molar-refractivity contribution is -0.274. The Hall–Kier alpha value is -4.61. The van der Waals surface area contributed by atoms with Crippen LogP contribution in [0.5, 0.6) is 17.2 Å². The molecular weight excluding hydrogens is 443 g/mol. The number of nitrogens with one attached hydrogen (secondary N) is 1. The zero-order chi connectivity index (χ0) is 23.6. The topological polar surface area (TPSA) is 122 Å². The Balaban J connectivity index is 1.72. The molecule has 2 aromatic carbocycles. The highest BCUT2D eigenvalue weighted by Crippen LogP contribution is 2.24. The van der Waals surface area contributed by atoms with E-state index in [1.54, 1.807) is 12.1 Å². The van der Waals surface area contributed by atoms with Crippen molar-refractivity contribution in [2.24, 2.45) is 5.10 Å². The largest absolute Gasteiger partial charge is 0.573 e. The minimum absolute atomic E-state index is 0.129. The number of phenols is 2. The van der Waals surface area contributed by atoms with E-state index < -0.39 is 17.7 Å². The number of hydrogen-bond acceptors (Lipinski definition) is 8. The molecule has 0 amide bonds. The average molecular weight is 457 g/mol. The molecule has 4 rings (SSSR count). The van der Waals surface area contributed by atoms with Crippen molar-refractivity contribution in [2.45, 2.75) is 6.36 Å². The van der Waals surface area contributed by atoms with Crippen molar-refractivity contribution in [3.8, 4) is 22.9 Å². The van der Waals surface area contributed by atoms with Crippen molar-refractivity contribution in [1.82, 2.24) is 14.5 Å². The molecule has 0 spiro atoms. The number of fused-ring (bicyclic) bond motifs is 1. The number of aromatic hydroxyl groups is 2. The molecule has 12 heteroatoms. The highest BCUT2D eigenvalue weighted by molar-refractivity contribution is 5.84. The van der Waals surface area contributed by atoms with Gasteiger partial charge in [0.2, 0.25) is 5.82 Å². The smallest absolute Gasteiger partial charge is 0.508 e. The SMILES string of the molecule is O=c1c(N/N=C/c2ccc(O)cc2O)nc2cccnc2n1-c1ccc(OC(F)(F)F)cc1. The van der Waals surface area contributed by atoms with Crippen molar-refractivity contribution in [1.29, 1.82) is 0 Å². The van der Waals surface area contributed by atoms with Crippen LogP contribution in [0.1, 0.15) is 5.56 Å². The Morgan fingerprint density at radius 1 is 1.09 bits per heavy atom. The van der Waals surface area contributed by atoms with E-state index in [1.807, 2.05) is 0 Å². The highest BCUT2D eigenvalue weighted by Gasteiger charge is 2.31. The van der Waals surface area contributed by atoms with E-state index in [4.69, 9.17) is 0 Å². The first kappa shape index (κ1) is 21.6. The maximum absolute atomic E-state index is 13.1. The Kier molecular flexibility index (Phi) is 5.56. The normalized spacial score (nSPS) is 11.7. The van der Waals surface area contributed by atoms with Gasteiger partial charge in [0.25, 0.3) is 0 Å². The van der Waals surface area contributed by atoms with E-state index in [-0.39, 0.29) is 34.2 Å². The predicted molar refractivity (Wildman–Crippen MR) is 113 cm³/mol. The molecule has 0 unspecified atom stereocenters. The number of aromatic nitrogens is 3. The summed E-state index contributed by atoms with van der Waals surface area (Å²) in [5.74, 6) is -0.992. The van der Waals surface area contributed by atoms with Crippen LogP contribution in [0.3, 0.4) is 0 Å². The van der Waals surface area contributed by atoms with Crippen LogP contribution in [0, 0.1) is 0 Å². The van der Waals surface area contributed by atoms with Crippen molar-refractivity contribution < 1.29 is 28.1 Å². The van der Waals surface area contributed by atoms with Gasteiger partial charge >= 0.3 is 11.9 Å². The maximum atomic E-state index is 13.1. The van der Waals surface area contributed by atoms with Gasteiger partial charge in [0.1, 0.15) is 22.8 Å². The van der Waals surface area contributed by atoms with Gasteiger partial charge < -0.3 is 14.9 Å². The van der Waals surface area contributed by atoms with Gasteiger partial charge in [-0.1, -0.05) is 0 Å². The number of phenolic OH excluding ortho intramolecular Hbond substituents is 2. The molecular formula is C21H14F3N5O4. The predicted octanol–water partition coefficient (Wildman–Crippen LogP) is 3.54. The number of nitrogens with zero attached hydrogens (tertiary/aromatic N) is 4. The number of alkyl halides is 3. The van der Waals surface area contributed by atoms with Crippen LogP contribution in [0.15, 0.2) is 70.7 Å². The third-order valence-electron chi connectivity index (χ3n) is 4.33. The minimum atomic E-state index is -4.84. The highest BCUT2D eigenvalue weighted by atomic mass is 19.4. The van der Waals surface area contributed by atoms with Crippen molar-refractivity contribution in [2.75, 3.05) is 5.43 Å². The van der Waals surface area contributed by atoms with Gasteiger partial charge in [0.05, 0.1) is 11.9 Å². The number of anilines is 1. The monoisotopic (exact) mass is 457 g/mol. The quantitative estimate of drug-likeness (QED) is 0.310. The summed E-state index contributed by atoms with van der Waals surface area (Å²) in [5.41, 5.74) is 2.82. The summed E-state index contributed by atoms with van der Waals surface area (Å²) >= 11 is 0. The second kappa shape index (κ2) is 8.49. The second-order valence-corrected chi connectivity index (χ2v) is 6.60. The molecule has 0 saturated carbocycles. The fourth-order valence-electron chi connectivity index (χ4n) is 2.93. The summed E-state index contributed by atoms with van der Waals surface area (Å²) in [4.78, 5) is 21.4. The Bertz CT molecular complexity index is 1400. The molecule has 33 heavy (non-hydrogen) atoms. The lowest BCUT2D eigenvalue weighted by atomic mass is 10.2. The number of pyridine rings is 1. The summed E-state index contributed by atoms with van der Waals surface area (Å²) in [5, 5.41) is 23.1. The standard InChI is InChI=1S/C21H14F3N5O4/c22-21(23,24)33-15-7-4-13(5-8-15)29-19-16(2-1-9-25-19)27-18(20(29)32)28-26-11-12-3-6-14(30)10-17(12)31/h1-11,30-31H,(H,27,28)/b26-11+. The van der Waals surface area contributed by atoms with Gasteiger partial charge in [-0.2, -0.15) is 5.10 Å². The van der Waals surface area contributed by atoms with Gasteiger partial charge in [-0.15, -0.1) is 13.2 Å². The number of hydrogen-bond donors (Lipinski definition) is 3. The summed E-state index contributed by atoms with van der Waals surface area (Å²) in [7, 11) is 0. The van der Waals surface area contributed by atoms with E-state index in [0.717, 1.165) is 22.8 Å². The molecule has 0 aliphatic heterocycles. The zero-order valence-electron chi connectivity index (χ0n) is 16.5. The Labute approximate surface area is 183 Å². The molecule has 3 N–H and O–H groups in total. The van der Waals surface area contributed by atoms with Gasteiger partial charge in [-0.3, -0.25) is 14.8 Å². The second-order valence-electron chi connectivity index (χ2n) is 6.60. The summed E-state index contributed by atoms with van der Waals surface area (Å²) in [6, 6.07) is 11.8. The number of halogens is 3. The van der Waals surface area contributed by atoms with Crippen molar-refractivity contribution in [3.05, 3.63) is 76.7 Å². The molecule has 9 nitrogen and oxygen atoms in total. The molecule has 0 aliphatic carbocycles. The maximum Gasteiger partial charge on any atom is 0.573 e. The fourth-order valence-corrected chi connectivity index (χ4v) is 2.93. The van der Waals surface area contributed by atoms with E-state index in [1.165, 1.54) is 36.7 Å². The van der Waals surface area contributed by atoms with Gasteiger partial charge in [0.15, 0.2) is 5.65 Å². The van der Waals surface area contributed by atoms with E-state index in [2.05, 4.69) is 25.2 Å². The third kappa shape index (κ3) is 4.84. The fraction of sp³-hybridized carbons (Fsp3) is 0.0476. The number of hydrazone groups is 1. The molecule has 0 bridgehead atoms. The minimum Gasteiger partial charge on any atom is -0.508 e. The van der Waals surface area contributed by atoms with E-state index in [9.17, 15) is 28.2 Å². The first-order valence-corrected chi connectivity index (χ1v) is 9.26. The van der Waals surface area contributed by atoms with Gasteiger partial charge in [-0.05, 0) is 48.5 Å². The summed E-state index contributed by atoms with van der Waals surface area (Å²) in [6.07, 6.45) is -2.18. The Morgan fingerprint density at radius 2 is 1.85 bits per heavy atom. The van der Waals surface area contributed by atoms with Crippen LogP contribution in [0.4, 0.5) is 19.0 Å². The lowest BCUT2D eigenvalue weighted by Gasteiger charge is -2.12. The first-order chi connectivity index (χ1) is 15.7. The molecule has 0 saturated heterocycles. The molecule has 0 aliphatic rings. The van der Waals surface area contributed by atoms with Crippen LogP contribution < -0.4 is 15.7 Å². The lowest BCUT2D eigenvalue weighted by Crippen LogP contribution is -2.24. The molecule has 4 aromatic rings. The molecule has 0 radical (unpaired) electrons. The number of ether oxygens (including phenoxy) is 1.